The molecule has 2 atom stereocenters. The topological polar surface area (TPSA) is 73.0 Å². The fourth-order valence-corrected chi connectivity index (χ4v) is 4.87. The number of nitrogens with zero attached hydrogens (tertiary/aromatic N) is 2. The first-order chi connectivity index (χ1) is 14.2. The van der Waals surface area contributed by atoms with Crippen molar-refractivity contribution in [1.82, 2.24) is 15.5 Å². The highest BCUT2D eigenvalue weighted by molar-refractivity contribution is 7.19. The number of likely N-dealkylation sites (tertiary alicyclic amines) is 1. The normalized spacial score (nSPS) is 17.5. The third-order valence-electron chi connectivity index (χ3n) is 5.38. The van der Waals surface area contributed by atoms with Crippen LogP contribution in [0.15, 0.2) is 58.1 Å². The Kier molecular flexibility index (Phi) is 6.49. The molecule has 1 aliphatic heterocycles. The molecule has 3 heterocycles. The maximum absolute atomic E-state index is 10.6. The number of furan rings is 1. The van der Waals surface area contributed by atoms with Crippen molar-refractivity contribution in [2.75, 3.05) is 33.2 Å². The third-order valence-corrected chi connectivity index (χ3v) is 6.59. The predicted octanol–water partition coefficient (Wildman–Crippen LogP) is 3.53. The van der Waals surface area contributed by atoms with Crippen molar-refractivity contribution in [2.45, 2.75) is 25.0 Å². The van der Waals surface area contributed by atoms with E-state index in [-0.39, 0.29) is 6.04 Å². The van der Waals surface area contributed by atoms with Gasteiger partial charge in [0.1, 0.15) is 11.9 Å². The fourth-order valence-electron chi connectivity index (χ4n) is 3.82. The Labute approximate surface area is 175 Å². The average molecular weight is 413 g/mol. The number of hydrogen-bond donors (Lipinski definition) is 3. The molecule has 1 fully saturated rings. The average Bonchev–Trinajstić information content (AvgIpc) is 3.51. The van der Waals surface area contributed by atoms with Gasteiger partial charge in [0.2, 0.25) is 0 Å². The molecule has 0 spiro atoms. The largest absolute Gasteiger partial charge is 0.468 e. The van der Waals surface area contributed by atoms with Crippen LogP contribution in [-0.4, -0.2) is 49.2 Å². The monoisotopic (exact) mass is 412 g/mol. The van der Waals surface area contributed by atoms with Crippen LogP contribution in [0.4, 0.5) is 0 Å². The Bertz CT molecular complexity index is 898. The zero-order valence-electron chi connectivity index (χ0n) is 16.7. The maximum atomic E-state index is 10.6. The fraction of sp³-hybridized carbons (Fsp3) is 0.409. The van der Waals surface area contributed by atoms with E-state index in [0.717, 1.165) is 23.7 Å². The summed E-state index contributed by atoms with van der Waals surface area (Å²) in [6.07, 6.45) is 3.61. The molecule has 29 heavy (non-hydrogen) atoms. The smallest absolute Gasteiger partial charge is 0.191 e. The summed E-state index contributed by atoms with van der Waals surface area (Å²) in [5.41, 5.74) is 0. The van der Waals surface area contributed by atoms with Crippen LogP contribution in [-0.2, 0) is 0 Å². The Morgan fingerprint density at radius 3 is 2.69 bits per heavy atom. The van der Waals surface area contributed by atoms with Gasteiger partial charge in [-0.25, -0.2) is 0 Å². The predicted molar refractivity (Wildman–Crippen MR) is 118 cm³/mol. The minimum Gasteiger partial charge on any atom is -0.468 e. The van der Waals surface area contributed by atoms with Gasteiger partial charge in [0.15, 0.2) is 5.96 Å². The summed E-state index contributed by atoms with van der Waals surface area (Å²) in [7, 11) is 1.75. The van der Waals surface area contributed by atoms with Crippen LogP contribution >= 0.6 is 11.3 Å². The highest BCUT2D eigenvalue weighted by atomic mass is 32.1. The molecule has 2 aromatic heterocycles. The van der Waals surface area contributed by atoms with E-state index < -0.39 is 6.10 Å². The van der Waals surface area contributed by atoms with Gasteiger partial charge in [0, 0.05) is 29.7 Å². The number of hydrogen-bond acceptors (Lipinski definition) is 5. The van der Waals surface area contributed by atoms with Gasteiger partial charge < -0.3 is 20.2 Å². The summed E-state index contributed by atoms with van der Waals surface area (Å²) in [6, 6.07) is 14.4. The minimum absolute atomic E-state index is 0.179. The molecule has 0 saturated carbocycles. The first-order valence-electron chi connectivity index (χ1n) is 10.1. The van der Waals surface area contributed by atoms with E-state index in [1.54, 1.807) is 24.6 Å². The van der Waals surface area contributed by atoms with Gasteiger partial charge in [-0.2, -0.15) is 0 Å². The Balaban J connectivity index is 1.33. The number of benzene rings is 1. The second kappa shape index (κ2) is 9.43. The van der Waals surface area contributed by atoms with Crippen LogP contribution in [0.5, 0.6) is 0 Å². The van der Waals surface area contributed by atoms with Crippen molar-refractivity contribution < 1.29 is 9.52 Å². The van der Waals surface area contributed by atoms with Crippen molar-refractivity contribution >= 4 is 27.4 Å². The zero-order valence-corrected chi connectivity index (χ0v) is 17.5. The van der Waals surface area contributed by atoms with E-state index in [0.29, 0.717) is 19.0 Å². The molecule has 0 amide bonds. The highest BCUT2D eigenvalue weighted by Crippen LogP contribution is 2.29. The van der Waals surface area contributed by atoms with E-state index in [1.807, 2.05) is 24.3 Å². The second-order valence-electron chi connectivity index (χ2n) is 7.31. The molecule has 3 aromatic rings. The lowest BCUT2D eigenvalue weighted by Crippen LogP contribution is -2.43. The Morgan fingerprint density at radius 2 is 1.97 bits per heavy atom. The third kappa shape index (κ3) is 4.80. The van der Waals surface area contributed by atoms with Gasteiger partial charge in [-0.1, -0.05) is 18.2 Å². The van der Waals surface area contributed by atoms with E-state index in [2.05, 4.69) is 38.7 Å². The molecule has 154 valence electrons. The van der Waals surface area contributed by atoms with E-state index in [1.165, 1.54) is 22.9 Å². The molecule has 1 aliphatic rings. The number of thiophene rings is 1. The highest BCUT2D eigenvalue weighted by Gasteiger charge is 2.25. The van der Waals surface area contributed by atoms with Crippen LogP contribution in [0.3, 0.4) is 0 Å². The summed E-state index contributed by atoms with van der Waals surface area (Å²) in [4.78, 5) is 7.72. The molecule has 4 rings (SSSR count). The van der Waals surface area contributed by atoms with E-state index in [4.69, 9.17) is 4.42 Å². The van der Waals surface area contributed by atoms with Crippen molar-refractivity contribution in [3.63, 3.8) is 0 Å². The number of fused-ring (bicyclic) bond motifs is 1. The zero-order chi connectivity index (χ0) is 20.1. The molecule has 0 aliphatic carbocycles. The molecule has 2 unspecified atom stereocenters. The van der Waals surface area contributed by atoms with E-state index >= 15 is 0 Å². The van der Waals surface area contributed by atoms with Gasteiger partial charge in [-0.15, -0.1) is 11.3 Å². The van der Waals surface area contributed by atoms with Crippen molar-refractivity contribution in [2.24, 2.45) is 4.99 Å². The Morgan fingerprint density at radius 1 is 1.17 bits per heavy atom. The maximum Gasteiger partial charge on any atom is 0.191 e. The van der Waals surface area contributed by atoms with Crippen LogP contribution in [0, 0.1) is 0 Å². The summed E-state index contributed by atoms with van der Waals surface area (Å²) >= 11 is 1.63. The lowest BCUT2D eigenvalue weighted by molar-refractivity contribution is 0.184. The van der Waals surface area contributed by atoms with Crippen LogP contribution < -0.4 is 10.6 Å². The standard InChI is InChI=1S/C22H28N4O2S/c1-23-22(24-14-17(19-8-6-12-28-19)26-10-4-5-11-26)25-15-18(27)21-13-16-7-2-3-9-20(16)29-21/h2-3,6-9,12-13,17-18,27H,4-5,10-11,14-15H2,1H3,(H2,23,24,25). The summed E-state index contributed by atoms with van der Waals surface area (Å²) in [6.45, 7) is 3.28. The summed E-state index contributed by atoms with van der Waals surface area (Å²) in [5.74, 6) is 1.65. The summed E-state index contributed by atoms with van der Waals surface area (Å²) in [5, 5.41) is 18.4. The van der Waals surface area contributed by atoms with Crippen molar-refractivity contribution in [3.05, 3.63) is 59.4 Å². The lowest BCUT2D eigenvalue weighted by atomic mass is 10.2. The lowest BCUT2D eigenvalue weighted by Gasteiger charge is -2.27. The van der Waals surface area contributed by atoms with Crippen molar-refractivity contribution in [3.8, 4) is 0 Å². The number of aliphatic imine (C=N–C) groups is 1. The molecule has 7 heteroatoms. The first-order valence-corrected chi connectivity index (χ1v) is 10.9. The van der Waals surface area contributed by atoms with Gasteiger partial charge in [-0.3, -0.25) is 9.89 Å². The SMILES string of the molecule is CN=C(NCC(O)c1cc2ccccc2s1)NCC(c1ccco1)N1CCCC1. The molecule has 1 aromatic carbocycles. The van der Waals surface area contributed by atoms with E-state index in [9.17, 15) is 5.11 Å². The van der Waals surface area contributed by atoms with Gasteiger partial charge in [0.05, 0.1) is 12.3 Å². The number of nitrogens with one attached hydrogen (secondary N) is 2. The molecule has 0 radical (unpaired) electrons. The Hall–Kier alpha value is -2.35. The second-order valence-corrected chi connectivity index (χ2v) is 8.43. The van der Waals surface area contributed by atoms with Crippen LogP contribution in [0.1, 0.15) is 35.6 Å². The van der Waals surface area contributed by atoms with Crippen LogP contribution in [0.25, 0.3) is 10.1 Å². The number of rotatable bonds is 7. The van der Waals surface area contributed by atoms with Gasteiger partial charge in [-0.05, 0) is 55.6 Å². The number of aliphatic hydroxyl groups excluding tert-OH is 1. The van der Waals surface area contributed by atoms with Crippen LogP contribution in [0.2, 0.25) is 0 Å². The van der Waals surface area contributed by atoms with Crippen molar-refractivity contribution in [1.29, 1.82) is 0 Å². The summed E-state index contributed by atoms with van der Waals surface area (Å²) < 4.78 is 6.87. The molecule has 6 nitrogen and oxygen atoms in total. The molecule has 3 N–H and O–H groups in total. The first kappa shape index (κ1) is 19.9. The van der Waals surface area contributed by atoms with Gasteiger partial charge >= 0.3 is 0 Å². The molecular weight excluding hydrogens is 384 g/mol. The molecule has 1 saturated heterocycles. The molecular formula is C22H28N4O2S. The number of guanidine groups is 1. The minimum atomic E-state index is -0.578. The number of aliphatic hydroxyl groups is 1. The van der Waals surface area contributed by atoms with Gasteiger partial charge in [0.25, 0.3) is 0 Å². The quantitative estimate of drug-likeness (QED) is 0.409. The molecule has 0 bridgehead atoms.